The molecule has 0 saturated heterocycles. The molecule has 0 radical (unpaired) electrons. The molecule has 0 fully saturated rings. The molecule has 1 aliphatic rings. The van der Waals surface area contributed by atoms with Crippen molar-refractivity contribution in [1.29, 1.82) is 0 Å². The molecule has 142 valence electrons. The summed E-state index contributed by atoms with van der Waals surface area (Å²) < 4.78 is 0. The highest BCUT2D eigenvalue weighted by Gasteiger charge is 2.34. The fraction of sp³-hybridized carbons (Fsp3) is 0.364. The van der Waals surface area contributed by atoms with Crippen molar-refractivity contribution in [1.82, 2.24) is 5.43 Å². The first-order valence-corrected chi connectivity index (χ1v) is 9.54. The summed E-state index contributed by atoms with van der Waals surface area (Å²) in [5.41, 5.74) is 8.00. The van der Waals surface area contributed by atoms with Gasteiger partial charge in [-0.25, -0.2) is 5.43 Å². The third-order valence-electron chi connectivity index (χ3n) is 5.50. The molecule has 0 aromatic heterocycles. The van der Waals surface area contributed by atoms with Crippen molar-refractivity contribution >= 4 is 29.4 Å². The van der Waals surface area contributed by atoms with Gasteiger partial charge < -0.3 is 4.90 Å². The summed E-state index contributed by atoms with van der Waals surface area (Å²) in [5.74, 6) is 0.219. The van der Waals surface area contributed by atoms with Crippen molar-refractivity contribution in [2.24, 2.45) is 5.10 Å². The molecular formula is C22H26ClN3O. The van der Waals surface area contributed by atoms with Crippen LogP contribution >= 0.6 is 11.6 Å². The first kappa shape index (κ1) is 19.4. The van der Waals surface area contributed by atoms with Gasteiger partial charge in [-0.15, -0.1) is 0 Å². The van der Waals surface area contributed by atoms with Crippen molar-refractivity contribution in [2.75, 3.05) is 11.9 Å². The molecule has 27 heavy (non-hydrogen) atoms. The normalized spacial score (nSPS) is 18.4. The zero-order valence-electron chi connectivity index (χ0n) is 16.5. The molecule has 0 unspecified atom stereocenters. The summed E-state index contributed by atoms with van der Waals surface area (Å²) >= 11 is 5.85. The molecule has 1 amide bonds. The van der Waals surface area contributed by atoms with E-state index in [0.717, 1.165) is 17.5 Å². The van der Waals surface area contributed by atoms with Crippen molar-refractivity contribution in [3.05, 3.63) is 63.7 Å². The van der Waals surface area contributed by atoms with Crippen LogP contribution in [-0.4, -0.2) is 24.7 Å². The van der Waals surface area contributed by atoms with Gasteiger partial charge in [0, 0.05) is 28.9 Å². The second-order valence-corrected chi connectivity index (χ2v) is 8.39. The third-order valence-corrected chi connectivity index (χ3v) is 5.75. The van der Waals surface area contributed by atoms with Crippen LogP contribution < -0.4 is 10.3 Å². The fourth-order valence-electron chi connectivity index (χ4n) is 3.70. The number of anilines is 1. The van der Waals surface area contributed by atoms with Crippen molar-refractivity contribution < 1.29 is 4.79 Å². The van der Waals surface area contributed by atoms with E-state index in [1.165, 1.54) is 11.3 Å². The van der Waals surface area contributed by atoms with Crippen LogP contribution in [0.5, 0.6) is 0 Å². The molecule has 1 atom stereocenters. The van der Waals surface area contributed by atoms with Crippen LogP contribution in [0.1, 0.15) is 60.2 Å². The second-order valence-electron chi connectivity index (χ2n) is 7.95. The Labute approximate surface area is 166 Å². The molecule has 0 saturated carbocycles. The van der Waals surface area contributed by atoms with Crippen LogP contribution in [0.4, 0.5) is 5.69 Å². The number of carbonyl (C=O) groups excluding carboxylic acids is 1. The van der Waals surface area contributed by atoms with E-state index in [9.17, 15) is 4.79 Å². The number of halogens is 1. The molecule has 0 spiro atoms. The molecule has 2 aromatic rings. The minimum Gasteiger partial charge on any atom is -0.369 e. The Morgan fingerprint density at radius 3 is 2.63 bits per heavy atom. The lowest BCUT2D eigenvalue weighted by Gasteiger charge is -2.45. The van der Waals surface area contributed by atoms with E-state index >= 15 is 0 Å². The summed E-state index contributed by atoms with van der Waals surface area (Å²) in [4.78, 5) is 14.5. The van der Waals surface area contributed by atoms with E-state index in [1.807, 2.05) is 0 Å². The average Bonchev–Trinajstić information content (AvgIpc) is 2.61. The lowest BCUT2D eigenvalue weighted by atomic mass is 9.79. The van der Waals surface area contributed by atoms with Gasteiger partial charge in [0.05, 0.1) is 6.21 Å². The third kappa shape index (κ3) is 4.01. The number of hydrogen-bond acceptors (Lipinski definition) is 3. The minimum atomic E-state index is -0.256. The predicted molar refractivity (Wildman–Crippen MR) is 113 cm³/mol. The van der Waals surface area contributed by atoms with Gasteiger partial charge in [-0.3, -0.25) is 4.79 Å². The first-order chi connectivity index (χ1) is 12.7. The molecule has 5 heteroatoms. The number of hydrazone groups is 1. The summed E-state index contributed by atoms with van der Waals surface area (Å²) in [5, 5.41) is 4.75. The molecule has 2 aromatic carbocycles. The largest absolute Gasteiger partial charge is 0.369 e. The fourth-order valence-corrected chi connectivity index (χ4v) is 3.83. The van der Waals surface area contributed by atoms with E-state index < -0.39 is 0 Å². The number of nitrogens with zero attached hydrogens (tertiary/aromatic N) is 2. The molecule has 0 aliphatic carbocycles. The Bertz CT molecular complexity index is 887. The summed E-state index contributed by atoms with van der Waals surface area (Å²) in [6, 6.07) is 11.1. The second kappa shape index (κ2) is 7.35. The van der Waals surface area contributed by atoms with E-state index in [0.29, 0.717) is 16.5 Å². The van der Waals surface area contributed by atoms with Gasteiger partial charge in [0.15, 0.2) is 0 Å². The van der Waals surface area contributed by atoms with E-state index in [1.54, 1.807) is 30.5 Å². The minimum absolute atomic E-state index is 0.140. The highest BCUT2D eigenvalue weighted by molar-refractivity contribution is 6.30. The zero-order chi connectivity index (χ0) is 19.8. The van der Waals surface area contributed by atoms with Crippen LogP contribution in [0.2, 0.25) is 5.02 Å². The highest BCUT2D eigenvalue weighted by atomic mass is 35.5. The first-order valence-electron chi connectivity index (χ1n) is 9.16. The summed E-state index contributed by atoms with van der Waals surface area (Å²) in [6.07, 6.45) is 2.82. The number of hydrogen-bond donors (Lipinski definition) is 1. The lowest BCUT2D eigenvalue weighted by Crippen LogP contribution is -2.45. The van der Waals surface area contributed by atoms with Gasteiger partial charge in [0.2, 0.25) is 0 Å². The van der Waals surface area contributed by atoms with Crippen LogP contribution in [0, 0.1) is 6.92 Å². The Morgan fingerprint density at radius 2 is 1.96 bits per heavy atom. The topological polar surface area (TPSA) is 44.7 Å². The number of fused-ring (bicyclic) bond motifs is 1. The van der Waals surface area contributed by atoms with Crippen LogP contribution in [0.15, 0.2) is 41.5 Å². The van der Waals surface area contributed by atoms with Gasteiger partial charge in [0.1, 0.15) is 0 Å². The van der Waals surface area contributed by atoms with Gasteiger partial charge >= 0.3 is 0 Å². The number of benzene rings is 2. The highest BCUT2D eigenvalue weighted by Crippen LogP contribution is 2.43. The molecule has 1 N–H and O–H groups in total. The van der Waals surface area contributed by atoms with Crippen molar-refractivity contribution in [2.45, 2.75) is 45.6 Å². The Kier molecular flexibility index (Phi) is 5.29. The van der Waals surface area contributed by atoms with Gasteiger partial charge in [-0.1, -0.05) is 18.5 Å². The smallest absolute Gasteiger partial charge is 0.271 e. The summed E-state index contributed by atoms with van der Waals surface area (Å²) in [6.45, 7) is 8.90. The number of carbonyl (C=O) groups is 1. The molecule has 4 nitrogen and oxygen atoms in total. The Hall–Kier alpha value is -2.33. The lowest BCUT2D eigenvalue weighted by molar-refractivity contribution is 0.0955. The standard InChI is InChI=1S/C22H26ClN3O/c1-14-10-20-19(15(2)12-22(3,4)26(20)5)11-17(14)13-24-25-21(27)16-6-8-18(23)9-7-16/h6-11,13,15H,12H2,1-5H3,(H,25,27)/b24-13-/t15-/m1/s1. The quantitative estimate of drug-likeness (QED) is 0.589. The monoisotopic (exact) mass is 383 g/mol. The van der Waals surface area contributed by atoms with Crippen molar-refractivity contribution in [3.63, 3.8) is 0 Å². The van der Waals surface area contributed by atoms with Crippen LogP contribution in [0.25, 0.3) is 0 Å². The molecule has 1 aliphatic heterocycles. The van der Waals surface area contributed by atoms with Gasteiger partial charge in [-0.2, -0.15) is 5.10 Å². The predicted octanol–water partition coefficient (Wildman–Crippen LogP) is 5.13. The van der Waals surface area contributed by atoms with Gasteiger partial charge in [-0.05, 0) is 86.2 Å². The number of amides is 1. The van der Waals surface area contributed by atoms with Crippen LogP contribution in [-0.2, 0) is 0 Å². The molecule has 3 rings (SSSR count). The number of aryl methyl sites for hydroxylation is 1. The molecule has 0 bridgehead atoms. The summed E-state index contributed by atoms with van der Waals surface area (Å²) in [7, 11) is 2.16. The number of nitrogens with one attached hydrogen (secondary N) is 1. The molecule has 1 heterocycles. The van der Waals surface area contributed by atoms with Crippen molar-refractivity contribution in [3.8, 4) is 0 Å². The average molecular weight is 384 g/mol. The Morgan fingerprint density at radius 1 is 1.30 bits per heavy atom. The molecular weight excluding hydrogens is 358 g/mol. The van der Waals surface area contributed by atoms with E-state index in [4.69, 9.17) is 11.6 Å². The zero-order valence-corrected chi connectivity index (χ0v) is 17.3. The maximum absolute atomic E-state index is 12.2. The van der Waals surface area contributed by atoms with Gasteiger partial charge in [0.25, 0.3) is 5.91 Å². The SMILES string of the molecule is Cc1cc2c(cc1/C=N\NC(=O)c1ccc(Cl)cc1)[C@H](C)CC(C)(C)N2C. The van der Waals surface area contributed by atoms with Crippen LogP contribution in [0.3, 0.4) is 0 Å². The maximum atomic E-state index is 12.2. The Balaban J connectivity index is 1.80. The van der Waals surface area contributed by atoms with E-state index in [-0.39, 0.29) is 11.4 Å². The van der Waals surface area contributed by atoms with E-state index in [2.05, 4.69) is 62.3 Å². The maximum Gasteiger partial charge on any atom is 0.271 e. The number of rotatable bonds is 3.